The molecule has 0 bridgehead atoms. The van der Waals surface area contributed by atoms with E-state index in [1.54, 1.807) is 0 Å². The second-order valence-electron chi connectivity index (χ2n) is 4.63. The van der Waals surface area contributed by atoms with E-state index in [0.717, 1.165) is 37.7 Å². The molecule has 0 radical (unpaired) electrons. The molecule has 0 aromatic rings. The fourth-order valence-corrected chi connectivity index (χ4v) is 1.50. The van der Waals surface area contributed by atoms with E-state index in [4.69, 9.17) is 5.11 Å². The Kier molecular flexibility index (Phi) is 8.93. The third-order valence-electron chi connectivity index (χ3n) is 2.55. The van der Waals surface area contributed by atoms with Gasteiger partial charge in [-0.05, 0) is 52.9 Å². The zero-order valence-corrected chi connectivity index (χ0v) is 11.1. The zero-order chi connectivity index (χ0) is 12.4. The Morgan fingerprint density at radius 1 is 1.00 bits per heavy atom. The van der Waals surface area contributed by atoms with Crippen molar-refractivity contribution in [3.8, 4) is 0 Å². The quantitative estimate of drug-likeness (QED) is 0.604. The molecular formula is C15H26O. The molecule has 1 heteroatoms. The van der Waals surface area contributed by atoms with E-state index >= 15 is 0 Å². The van der Waals surface area contributed by atoms with Crippen LogP contribution in [0, 0.1) is 0 Å². The van der Waals surface area contributed by atoms with Gasteiger partial charge < -0.3 is 5.11 Å². The number of hydrogen-bond acceptors (Lipinski definition) is 1. The summed E-state index contributed by atoms with van der Waals surface area (Å²) >= 11 is 0. The van der Waals surface area contributed by atoms with Gasteiger partial charge in [-0.15, -0.1) is 0 Å². The Labute approximate surface area is 101 Å². The lowest BCUT2D eigenvalue weighted by molar-refractivity contribution is 0.298. The van der Waals surface area contributed by atoms with Crippen molar-refractivity contribution in [2.24, 2.45) is 0 Å². The predicted octanol–water partition coefficient (Wildman–Crippen LogP) is 4.40. The lowest BCUT2D eigenvalue weighted by Gasteiger charge is -2.02. The van der Waals surface area contributed by atoms with E-state index in [2.05, 4.69) is 39.5 Å². The summed E-state index contributed by atoms with van der Waals surface area (Å²) in [6, 6.07) is 0. The molecule has 0 spiro atoms. The van der Waals surface area contributed by atoms with E-state index in [1.807, 2.05) is 0 Å². The maximum atomic E-state index is 8.73. The molecule has 0 atom stereocenters. The van der Waals surface area contributed by atoms with Gasteiger partial charge >= 0.3 is 0 Å². The standard InChI is InChI=1S/C15H26O/c1-13(2)7-5-8-14(3)9-6-10-15(4)11-12-16/h7,9,16H,4-6,8,10-12H2,1-3H3. The van der Waals surface area contributed by atoms with Crippen molar-refractivity contribution < 1.29 is 5.11 Å². The second kappa shape index (κ2) is 9.41. The van der Waals surface area contributed by atoms with Gasteiger partial charge in [-0.2, -0.15) is 0 Å². The largest absolute Gasteiger partial charge is 0.396 e. The highest BCUT2D eigenvalue weighted by Crippen LogP contribution is 2.12. The van der Waals surface area contributed by atoms with Crippen LogP contribution < -0.4 is 0 Å². The van der Waals surface area contributed by atoms with Crippen molar-refractivity contribution in [2.75, 3.05) is 6.61 Å². The summed E-state index contributed by atoms with van der Waals surface area (Å²) in [4.78, 5) is 0. The Hall–Kier alpha value is -0.820. The lowest BCUT2D eigenvalue weighted by atomic mass is 10.1. The highest BCUT2D eigenvalue weighted by molar-refractivity contribution is 5.04. The van der Waals surface area contributed by atoms with Crippen LogP contribution in [0.15, 0.2) is 35.5 Å². The van der Waals surface area contributed by atoms with Crippen LogP contribution in [0.2, 0.25) is 0 Å². The third-order valence-corrected chi connectivity index (χ3v) is 2.55. The number of aliphatic hydroxyl groups excluding tert-OH is 1. The molecule has 0 unspecified atom stereocenters. The fourth-order valence-electron chi connectivity index (χ4n) is 1.50. The van der Waals surface area contributed by atoms with Crippen LogP contribution in [-0.2, 0) is 0 Å². The Bertz CT molecular complexity index is 255. The first kappa shape index (κ1) is 15.2. The first-order valence-electron chi connectivity index (χ1n) is 6.12. The highest BCUT2D eigenvalue weighted by atomic mass is 16.2. The summed E-state index contributed by atoms with van der Waals surface area (Å²) in [7, 11) is 0. The van der Waals surface area contributed by atoms with Gasteiger partial charge in [0.25, 0.3) is 0 Å². The summed E-state index contributed by atoms with van der Waals surface area (Å²) < 4.78 is 0. The van der Waals surface area contributed by atoms with Gasteiger partial charge in [-0.25, -0.2) is 0 Å². The summed E-state index contributed by atoms with van der Waals surface area (Å²) in [6.45, 7) is 10.6. The Morgan fingerprint density at radius 3 is 2.19 bits per heavy atom. The molecule has 1 nitrogen and oxygen atoms in total. The summed E-state index contributed by atoms with van der Waals surface area (Å²) in [6.07, 6.45) is 9.66. The molecule has 0 saturated heterocycles. The number of rotatable bonds is 8. The first-order chi connectivity index (χ1) is 7.56. The van der Waals surface area contributed by atoms with E-state index in [0.29, 0.717) is 0 Å². The van der Waals surface area contributed by atoms with Crippen molar-refractivity contribution in [1.82, 2.24) is 0 Å². The molecule has 0 aliphatic heterocycles. The van der Waals surface area contributed by atoms with Crippen LogP contribution in [-0.4, -0.2) is 11.7 Å². The molecule has 0 amide bonds. The van der Waals surface area contributed by atoms with E-state index in [1.165, 1.54) is 11.1 Å². The van der Waals surface area contributed by atoms with Gasteiger partial charge in [0, 0.05) is 6.61 Å². The van der Waals surface area contributed by atoms with Gasteiger partial charge in [0.05, 0.1) is 0 Å². The van der Waals surface area contributed by atoms with Gasteiger partial charge in [0.15, 0.2) is 0 Å². The molecule has 0 heterocycles. The van der Waals surface area contributed by atoms with Crippen molar-refractivity contribution in [3.63, 3.8) is 0 Å². The van der Waals surface area contributed by atoms with E-state index in [9.17, 15) is 0 Å². The van der Waals surface area contributed by atoms with E-state index in [-0.39, 0.29) is 6.61 Å². The van der Waals surface area contributed by atoms with Crippen LogP contribution in [0.5, 0.6) is 0 Å². The summed E-state index contributed by atoms with van der Waals surface area (Å²) in [5.41, 5.74) is 3.99. The van der Waals surface area contributed by atoms with Crippen molar-refractivity contribution in [1.29, 1.82) is 0 Å². The first-order valence-corrected chi connectivity index (χ1v) is 6.12. The fraction of sp³-hybridized carbons (Fsp3) is 0.600. The van der Waals surface area contributed by atoms with Crippen molar-refractivity contribution in [2.45, 2.75) is 52.9 Å². The topological polar surface area (TPSA) is 20.2 Å². The van der Waals surface area contributed by atoms with Crippen molar-refractivity contribution >= 4 is 0 Å². The van der Waals surface area contributed by atoms with Crippen LogP contribution in [0.25, 0.3) is 0 Å². The zero-order valence-electron chi connectivity index (χ0n) is 11.1. The van der Waals surface area contributed by atoms with Gasteiger partial charge in [-0.1, -0.05) is 35.5 Å². The van der Waals surface area contributed by atoms with Crippen LogP contribution in [0.4, 0.5) is 0 Å². The number of aliphatic hydroxyl groups is 1. The Morgan fingerprint density at radius 2 is 1.62 bits per heavy atom. The molecule has 0 rings (SSSR count). The molecule has 0 aliphatic carbocycles. The molecule has 92 valence electrons. The molecule has 1 N–H and O–H groups in total. The Balaban J connectivity index is 3.70. The molecular weight excluding hydrogens is 196 g/mol. The molecule has 0 aromatic heterocycles. The molecule has 0 saturated carbocycles. The van der Waals surface area contributed by atoms with Crippen LogP contribution >= 0.6 is 0 Å². The van der Waals surface area contributed by atoms with Crippen LogP contribution in [0.3, 0.4) is 0 Å². The predicted molar refractivity (Wildman–Crippen MR) is 72.5 cm³/mol. The third kappa shape index (κ3) is 9.72. The molecule has 16 heavy (non-hydrogen) atoms. The summed E-state index contributed by atoms with van der Waals surface area (Å²) in [5.74, 6) is 0. The monoisotopic (exact) mass is 222 g/mol. The van der Waals surface area contributed by atoms with E-state index < -0.39 is 0 Å². The normalized spacial score (nSPS) is 11.4. The average molecular weight is 222 g/mol. The second-order valence-corrected chi connectivity index (χ2v) is 4.63. The minimum Gasteiger partial charge on any atom is -0.396 e. The lowest BCUT2D eigenvalue weighted by Crippen LogP contribution is -1.87. The van der Waals surface area contributed by atoms with Gasteiger partial charge in [0.2, 0.25) is 0 Å². The van der Waals surface area contributed by atoms with Gasteiger partial charge in [0.1, 0.15) is 0 Å². The molecule has 0 fully saturated rings. The average Bonchev–Trinajstić information content (AvgIpc) is 2.17. The molecule has 0 aliphatic rings. The smallest absolute Gasteiger partial charge is 0.0468 e. The summed E-state index contributed by atoms with van der Waals surface area (Å²) in [5, 5.41) is 8.73. The van der Waals surface area contributed by atoms with Gasteiger partial charge in [-0.3, -0.25) is 0 Å². The minimum absolute atomic E-state index is 0.224. The maximum absolute atomic E-state index is 8.73. The maximum Gasteiger partial charge on any atom is 0.0468 e. The number of allylic oxidation sites excluding steroid dienone is 4. The van der Waals surface area contributed by atoms with Crippen molar-refractivity contribution in [3.05, 3.63) is 35.5 Å². The highest BCUT2D eigenvalue weighted by Gasteiger charge is 1.93. The number of hydrogen-bond donors (Lipinski definition) is 1. The minimum atomic E-state index is 0.224. The van der Waals surface area contributed by atoms with Crippen LogP contribution in [0.1, 0.15) is 52.9 Å². The molecule has 0 aromatic carbocycles. The SMILES string of the molecule is C=C(CCO)CCC=C(C)CCC=C(C)C.